The summed E-state index contributed by atoms with van der Waals surface area (Å²) in [5, 5.41) is 2.72. The van der Waals surface area contributed by atoms with Crippen molar-refractivity contribution in [2.45, 2.75) is 115 Å². The third-order valence-electron chi connectivity index (χ3n) is 10.2. The molecular weight excluding hydrogens is 636 g/mol. The van der Waals surface area contributed by atoms with Crippen LogP contribution in [0.2, 0.25) is 0 Å². The standard InChI is InChI=1S/C34H44F4N4O6/c1-7-21-24(18-43)42-17-25(21)47-28-26(39-22-13-12-20(46-6)16-23(22)40-28)34(37,38)33(35,36)15-9-11-19-10-8-14-32(19,5)48-30(45)41-27(29(42)44)31(2,3)4/h12-13,16,18-19,21,24-25,27H,7-11,14-15,17H2,1-6H3,(H,41,45)/t19-,21-,24+,25-,27+,32+/m0/s1. The van der Waals surface area contributed by atoms with E-state index in [1.54, 1.807) is 34.6 Å². The van der Waals surface area contributed by atoms with Crippen molar-refractivity contribution in [1.82, 2.24) is 20.2 Å². The number of carbonyl (C=O) groups excluding carboxylic acids is 3. The summed E-state index contributed by atoms with van der Waals surface area (Å²) >= 11 is 0. The molecule has 3 heterocycles. The van der Waals surface area contributed by atoms with Gasteiger partial charge in [-0.25, -0.2) is 14.8 Å². The summed E-state index contributed by atoms with van der Waals surface area (Å²) in [5.41, 5.74) is -3.22. The first kappa shape index (κ1) is 35.6. The Morgan fingerprint density at radius 2 is 1.77 bits per heavy atom. The second kappa shape index (κ2) is 13.0. The molecule has 1 aromatic carbocycles. The molecule has 3 aliphatic rings. The van der Waals surface area contributed by atoms with Crippen LogP contribution in [0.5, 0.6) is 11.6 Å². The zero-order valence-corrected chi connectivity index (χ0v) is 28.2. The molecule has 2 aromatic rings. The van der Waals surface area contributed by atoms with Crippen molar-refractivity contribution < 1.29 is 46.2 Å². The van der Waals surface area contributed by atoms with Crippen molar-refractivity contribution in [3.8, 4) is 11.6 Å². The van der Waals surface area contributed by atoms with E-state index in [4.69, 9.17) is 14.2 Å². The highest BCUT2D eigenvalue weighted by atomic mass is 19.3. The zero-order valence-electron chi connectivity index (χ0n) is 28.2. The largest absolute Gasteiger partial charge is 0.497 e. The molecule has 2 fully saturated rings. The Morgan fingerprint density at radius 3 is 2.40 bits per heavy atom. The van der Waals surface area contributed by atoms with E-state index in [0.29, 0.717) is 31.3 Å². The maximum absolute atomic E-state index is 16.1. The first-order chi connectivity index (χ1) is 22.5. The Labute approximate surface area is 277 Å². The summed E-state index contributed by atoms with van der Waals surface area (Å²) < 4.78 is 80.8. The molecule has 6 atom stereocenters. The van der Waals surface area contributed by atoms with E-state index in [0.717, 1.165) is 0 Å². The van der Waals surface area contributed by atoms with E-state index in [2.05, 4.69) is 15.3 Å². The lowest BCUT2D eigenvalue weighted by Crippen LogP contribution is -2.57. The zero-order chi connectivity index (χ0) is 35.2. The first-order valence-electron chi connectivity index (χ1n) is 16.5. The number of halogens is 4. The smallest absolute Gasteiger partial charge is 0.408 e. The quantitative estimate of drug-likeness (QED) is 0.291. The third kappa shape index (κ3) is 6.50. The molecular formula is C34H44F4N4O6. The lowest BCUT2D eigenvalue weighted by molar-refractivity contribution is -0.223. The minimum absolute atomic E-state index is 0.0660. The van der Waals surface area contributed by atoms with Crippen LogP contribution in [0.25, 0.3) is 11.0 Å². The number of nitrogens with one attached hydrogen (secondary N) is 1. The Balaban J connectivity index is 1.65. The van der Waals surface area contributed by atoms with Crippen LogP contribution >= 0.6 is 0 Å². The van der Waals surface area contributed by atoms with Crippen molar-refractivity contribution in [2.24, 2.45) is 17.3 Å². The number of rotatable bonds is 3. The summed E-state index contributed by atoms with van der Waals surface area (Å²) in [6.07, 6.45) is -0.796. The first-order valence-corrected chi connectivity index (χ1v) is 16.5. The molecule has 264 valence electrons. The SMILES string of the molecule is CC[C@@H]1[C@@H]2CN(C(=O)[C@H](C(C)(C)C)NC(=O)O[C@]3(C)CCC[C@H]3CCCC(F)(F)C(F)(F)c3nc4ccc(OC)cc4nc3O2)[C@@H]1C=O. The number of methoxy groups -OCH3 is 1. The van der Waals surface area contributed by atoms with Gasteiger partial charge in [-0.1, -0.05) is 27.7 Å². The van der Waals surface area contributed by atoms with Crippen LogP contribution in [0.4, 0.5) is 22.4 Å². The number of benzene rings is 1. The second-order valence-corrected chi connectivity index (χ2v) is 14.5. The molecule has 0 unspecified atom stereocenters. The van der Waals surface area contributed by atoms with Gasteiger partial charge in [-0.2, -0.15) is 17.6 Å². The molecule has 1 N–H and O–H groups in total. The molecule has 1 saturated heterocycles. The maximum atomic E-state index is 16.1. The molecule has 2 bridgehead atoms. The second-order valence-electron chi connectivity index (χ2n) is 14.5. The molecule has 0 spiro atoms. The number of carbonyl (C=O) groups is 3. The molecule has 10 nitrogen and oxygen atoms in total. The number of nitrogens with zero attached hydrogens (tertiary/aromatic N) is 3. The van der Waals surface area contributed by atoms with Crippen LogP contribution in [0.15, 0.2) is 18.2 Å². The maximum Gasteiger partial charge on any atom is 0.408 e. The molecule has 0 radical (unpaired) electrons. The molecule has 1 aromatic heterocycles. The van der Waals surface area contributed by atoms with E-state index in [1.807, 2.05) is 0 Å². The number of aromatic nitrogens is 2. The monoisotopic (exact) mass is 680 g/mol. The Bertz CT molecular complexity index is 1550. The van der Waals surface area contributed by atoms with E-state index in [1.165, 1.54) is 30.2 Å². The van der Waals surface area contributed by atoms with E-state index in [-0.39, 0.29) is 42.8 Å². The van der Waals surface area contributed by atoms with Gasteiger partial charge >= 0.3 is 17.9 Å². The molecule has 2 aliphatic heterocycles. The Kier molecular flexibility index (Phi) is 9.61. The topological polar surface area (TPSA) is 120 Å². The lowest BCUT2D eigenvalue weighted by Gasteiger charge is -2.37. The van der Waals surface area contributed by atoms with Crippen molar-refractivity contribution >= 4 is 29.3 Å². The molecule has 48 heavy (non-hydrogen) atoms. The Hall–Kier alpha value is -3.71. The highest BCUT2D eigenvalue weighted by molar-refractivity contribution is 5.89. The van der Waals surface area contributed by atoms with Gasteiger partial charge in [-0.3, -0.25) is 4.79 Å². The summed E-state index contributed by atoms with van der Waals surface area (Å²) in [5.74, 6) is -11.5. The molecule has 1 saturated carbocycles. The fourth-order valence-corrected chi connectivity index (χ4v) is 7.38. The van der Waals surface area contributed by atoms with Gasteiger partial charge in [0.1, 0.15) is 29.8 Å². The van der Waals surface area contributed by atoms with Crippen LogP contribution in [0.3, 0.4) is 0 Å². The number of amides is 2. The molecule has 14 heteroatoms. The predicted molar refractivity (Wildman–Crippen MR) is 167 cm³/mol. The third-order valence-corrected chi connectivity index (χ3v) is 10.2. The van der Waals surface area contributed by atoms with Gasteiger partial charge in [0.05, 0.1) is 30.7 Å². The number of hydrogen-bond donors (Lipinski definition) is 1. The lowest BCUT2D eigenvalue weighted by atomic mass is 9.85. The number of alkyl carbamates (subject to hydrolysis) is 1. The van der Waals surface area contributed by atoms with E-state index < -0.39 is 77.0 Å². The minimum Gasteiger partial charge on any atom is -0.497 e. The average molecular weight is 681 g/mol. The van der Waals surface area contributed by atoms with Crippen molar-refractivity contribution in [2.75, 3.05) is 13.7 Å². The van der Waals surface area contributed by atoms with Crippen LogP contribution in [-0.4, -0.2) is 76.5 Å². The van der Waals surface area contributed by atoms with E-state index in [9.17, 15) is 14.4 Å². The fraction of sp³-hybridized carbons (Fsp3) is 0.676. The molecule has 5 rings (SSSR count). The van der Waals surface area contributed by atoms with Crippen LogP contribution < -0.4 is 14.8 Å². The van der Waals surface area contributed by atoms with Gasteiger partial charge in [0, 0.05) is 18.4 Å². The van der Waals surface area contributed by atoms with Crippen molar-refractivity contribution in [3.05, 3.63) is 23.9 Å². The highest BCUT2D eigenvalue weighted by Gasteiger charge is 2.60. The number of aldehydes is 1. The summed E-state index contributed by atoms with van der Waals surface area (Å²) in [6, 6.07) is 2.03. The van der Waals surface area contributed by atoms with Crippen LogP contribution in [-0.2, 0) is 20.2 Å². The summed E-state index contributed by atoms with van der Waals surface area (Å²) in [4.78, 5) is 49.5. The van der Waals surface area contributed by atoms with Crippen LogP contribution in [0, 0.1) is 17.3 Å². The van der Waals surface area contributed by atoms with Gasteiger partial charge in [0.15, 0.2) is 5.69 Å². The predicted octanol–water partition coefficient (Wildman–Crippen LogP) is 6.43. The van der Waals surface area contributed by atoms with Gasteiger partial charge in [-0.05, 0) is 68.9 Å². The van der Waals surface area contributed by atoms with Gasteiger partial charge in [0.25, 0.3) is 0 Å². The Morgan fingerprint density at radius 1 is 1.08 bits per heavy atom. The highest BCUT2D eigenvalue weighted by Crippen LogP contribution is 2.50. The van der Waals surface area contributed by atoms with Gasteiger partial charge < -0.3 is 29.2 Å². The number of alkyl halides is 4. The number of fused-ring (bicyclic) bond motifs is 5. The van der Waals surface area contributed by atoms with Crippen molar-refractivity contribution in [3.63, 3.8) is 0 Å². The van der Waals surface area contributed by atoms with Gasteiger partial charge in [-0.15, -0.1) is 0 Å². The van der Waals surface area contributed by atoms with Gasteiger partial charge in [0.2, 0.25) is 11.8 Å². The summed E-state index contributed by atoms with van der Waals surface area (Å²) in [6.45, 7) is 8.44. The molecule has 2 amide bonds. The van der Waals surface area contributed by atoms with Crippen molar-refractivity contribution in [1.29, 1.82) is 0 Å². The van der Waals surface area contributed by atoms with Crippen LogP contribution in [0.1, 0.15) is 85.3 Å². The average Bonchev–Trinajstić information content (AvgIpc) is 3.56. The minimum atomic E-state index is -4.80. The molecule has 1 aliphatic carbocycles. The number of ether oxygens (including phenoxy) is 3. The normalized spacial score (nSPS) is 31.0. The number of hydrogen-bond acceptors (Lipinski definition) is 8. The fourth-order valence-electron chi connectivity index (χ4n) is 7.38. The summed E-state index contributed by atoms with van der Waals surface area (Å²) in [7, 11) is 1.40. The van der Waals surface area contributed by atoms with E-state index >= 15 is 17.6 Å².